The van der Waals surface area contributed by atoms with E-state index < -0.39 is 0 Å². The Balaban J connectivity index is 1.53. The van der Waals surface area contributed by atoms with Crippen LogP contribution in [0.3, 0.4) is 0 Å². The third kappa shape index (κ3) is 4.95. The zero-order chi connectivity index (χ0) is 22.3. The molecule has 3 aromatic carbocycles. The zero-order valence-electron chi connectivity index (χ0n) is 17.9. The van der Waals surface area contributed by atoms with Gasteiger partial charge in [0.1, 0.15) is 11.9 Å². The number of methoxy groups -OCH3 is 2. The number of hydrogen-bond donors (Lipinski definition) is 1. The molecule has 0 aliphatic carbocycles. The molecule has 0 saturated carbocycles. The van der Waals surface area contributed by atoms with Gasteiger partial charge in [0, 0.05) is 12.1 Å². The smallest absolute Gasteiger partial charge is 0.247 e. The Morgan fingerprint density at radius 2 is 1.66 bits per heavy atom. The highest BCUT2D eigenvalue weighted by Gasteiger charge is 2.21. The molecule has 0 saturated heterocycles. The minimum Gasteiger partial charge on any atom is -0.493 e. The second-order valence-electron chi connectivity index (χ2n) is 7.19. The standard InChI is InChI=1S/C25H24FN3O3/c1-30-21-13-8-17(16-22(21)31-2)14-15-27-23(18-9-11-20(26)12-10-18)25-29-28-24(32-25)19-6-4-3-5-7-19/h3-13,16,23,27H,14-15H2,1-2H3/t23-/m1/s1. The van der Waals surface area contributed by atoms with E-state index in [0.29, 0.717) is 29.8 Å². The zero-order valence-corrected chi connectivity index (χ0v) is 17.9. The molecule has 0 bridgehead atoms. The quantitative estimate of drug-likeness (QED) is 0.408. The van der Waals surface area contributed by atoms with Crippen LogP contribution in [0.5, 0.6) is 11.5 Å². The third-order valence-electron chi connectivity index (χ3n) is 5.12. The monoisotopic (exact) mass is 433 g/mol. The Hall–Kier alpha value is -3.71. The predicted molar refractivity (Wildman–Crippen MR) is 119 cm³/mol. The van der Waals surface area contributed by atoms with Crippen LogP contribution in [0.15, 0.2) is 77.2 Å². The summed E-state index contributed by atoms with van der Waals surface area (Å²) in [7, 11) is 3.23. The van der Waals surface area contributed by atoms with Crippen molar-refractivity contribution >= 4 is 0 Å². The maximum absolute atomic E-state index is 13.5. The van der Waals surface area contributed by atoms with E-state index in [1.165, 1.54) is 12.1 Å². The van der Waals surface area contributed by atoms with Crippen LogP contribution in [0.4, 0.5) is 4.39 Å². The summed E-state index contributed by atoms with van der Waals surface area (Å²) in [4.78, 5) is 0. The van der Waals surface area contributed by atoms with Crippen molar-refractivity contribution in [1.82, 2.24) is 15.5 Å². The molecule has 0 amide bonds. The van der Waals surface area contributed by atoms with Gasteiger partial charge in [0.2, 0.25) is 11.8 Å². The van der Waals surface area contributed by atoms with Gasteiger partial charge >= 0.3 is 0 Å². The lowest BCUT2D eigenvalue weighted by atomic mass is 10.1. The molecule has 0 aliphatic rings. The summed E-state index contributed by atoms with van der Waals surface area (Å²) in [6.07, 6.45) is 0.734. The fourth-order valence-electron chi connectivity index (χ4n) is 3.45. The summed E-state index contributed by atoms with van der Waals surface area (Å²) < 4.78 is 30.1. The second kappa shape index (κ2) is 10.1. The van der Waals surface area contributed by atoms with E-state index in [1.807, 2.05) is 48.5 Å². The molecule has 1 heterocycles. The SMILES string of the molecule is COc1ccc(CCN[C@H](c2ccc(F)cc2)c2nnc(-c3ccccc3)o2)cc1OC. The van der Waals surface area contributed by atoms with Gasteiger partial charge in [-0.15, -0.1) is 10.2 Å². The van der Waals surface area contributed by atoms with Crippen LogP contribution >= 0.6 is 0 Å². The number of nitrogens with one attached hydrogen (secondary N) is 1. The summed E-state index contributed by atoms with van der Waals surface area (Å²) in [5.74, 6) is 1.93. The van der Waals surface area contributed by atoms with Crippen LogP contribution in [0.25, 0.3) is 11.5 Å². The third-order valence-corrected chi connectivity index (χ3v) is 5.12. The topological polar surface area (TPSA) is 69.4 Å². The van der Waals surface area contributed by atoms with Gasteiger partial charge in [-0.05, 0) is 53.9 Å². The number of aromatic nitrogens is 2. The van der Waals surface area contributed by atoms with Crippen molar-refractivity contribution in [3.63, 3.8) is 0 Å². The molecule has 1 atom stereocenters. The van der Waals surface area contributed by atoms with Gasteiger partial charge in [0.25, 0.3) is 0 Å². The van der Waals surface area contributed by atoms with Gasteiger partial charge in [-0.1, -0.05) is 36.4 Å². The molecule has 1 N–H and O–H groups in total. The first-order valence-electron chi connectivity index (χ1n) is 10.3. The molecule has 4 aromatic rings. The molecule has 1 aromatic heterocycles. The lowest BCUT2D eigenvalue weighted by molar-refractivity contribution is 0.354. The molecule has 7 heteroatoms. The normalized spacial score (nSPS) is 11.8. The highest BCUT2D eigenvalue weighted by Crippen LogP contribution is 2.28. The molecule has 6 nitrogen and oxygen atoms in total. The van der Waals surface area contributed by atoms with Crippen LogP contribution < -0.4 is 14.8 Å². The highest BCUT2D eigenvalue weighted by atomic mass is 19.1. The van der Waals surface area contributed by atoms with Crippen LogP contribution in [0.1, 0.15) is 23.1 Å². The molecule has 32 heavy (non-hydrogen) atoms. The van der Waals surface area contributed by atoms with Gasteiger partial charge in [-0.3, -0.25) is 0 Å². The molecule has 0 unspecified atom stereocenters. The fourth-order valence-corrected chi connectivity index (χ4v) is 3.45. The van der Waals surface area contributed by atoms with Crippen molar-refractivity contribution in [2.75, 3.05) is 20.8 Å². The fraction of sp³-hybridized carbons (Fsp3) is 0.200. The molecule has 0 spiro atoms. The Morgan fingerprint density at radius 3 is 2.38 bits per heavy atom. The largest absolute Gasteiger partial charge is 0.493 e. The second-order valence-corrected chi connectivity index (χ2v) is 7.19. The number of nitrogens with zero attached hydrogens (tertiary/aromatic N) is 2. The van der Waals surface area contributed by atoms with E-state index in [1.54, 1.807) is 26.4 Å². The van der Waals surface area contributed by atoms with E-state index in [-0.39, 0.29) is 11.9 Å². The van der Waals surface area contributed by atoms with Crippen molar-refractivity contribution in [3.05, 3.63) is 95.6 Å². The number of halogens is 1. The summed E-state index contributed by atoms with van der Waals surface area (Å²) in [5.41, 5.74) is 2.76. The number of benzene rings is 3. The number of rotatable bonds is 9. The first-order chi connectivity index (χ1) is 15.7. The Bertz CT molecular complexity index is 1150. The van der Waals surface area contributed by atoms with Gasteiger partial charge in [0.15, 0.2) is 11.5 Å². The summed E-state index contributed by atoms with van der Waals surface area (Å²) >= 11 is 0. The Kier molecular flexibility index (Phi) is 6.77. The first-order valence-corrected chi connectivity index (χ1v) is 10.3. The lowest BCUT2D eigenvalue weighted by Crippen LogP contribution is -2.25. The van der Waals surface area contributed by atoms with Crippen molar-refractivity contribution in [1.29, 1.82) is 0 Å². The minimum absolute atomic E-state index is 0.298. The average Bonchev–Trinajstić information content (AvgIpc) is 3.33. The summed E-state index contributed by atoms with van der Waals surface area (Å²) in [5, 5.41) is 11.9. The Morgan fingerprint density at radius 1 is 0.906 bits per heavy atom. The first kappa shape index (κ1) is 21.5. The highest BCUT2D eigenvalue weighted by molar-refractivity contribution is 5.52. The van der Waals surface area contributed by atoms with E-state index in [4.69, 9.17) is 13.9 Å². The van der Waals surface area contributed by atoms with Gasteiger partial charge in [-0.25, -0.2) is 4.39 Å². The molecule has 0 radical (unpaired) electrons. The minimum atomic E-state index is -0.374. The summed E-state index contributed by atoms with van der Waals surface area (Å²) in [6, 6.07) is 21.3. The number of ether oxygens (including phenoxy) is 2. The molecule has 164 valence electrons. The molecule has 0 aliphatic heterocycles. The molecular formula is C25H24FN3O3. The predicted octanol–water partition coefficient (Wildman–Crippen LogP) is 4.81. The van der Waals surface area contributed by atoms with Gasteiger partial charge < -0.3 is 19.2 Å². The van der Waals surface area contributed by atoms with Crippen LogP contribution in [-0.2, 0) is 6.42 Å². The van der Waals surface area contributed by atoms with Crippen molar-refractivity contribution in [2.24, 2.45) is 0 Å². The van der Waals surface area contributed by atoms with E-state index in [2.05, 4.69) is 15.5 Å². The summed E-state index contributed by atoms with van der Waals surface area (Å²) in [6.45, 7) is 0.626. The average molecular weight is 433 g/mol. The van der Waals surface area contributed by atoms with E-state index in [0.717, 1.165) is 23.1 Å². The van der Waals surface area contributed by atoms with Crippen molar-refractivity contribution < 1.29 is 18.3 Å². The van der Waals surface area contributed by atoms with Gasteiger partial charge in [0.05, 0.1) is 14.2 Å². The maximum atomic E-state index is 13.5. The van der Waals surface area contributed by atoms with Crippen molar-refractivity contribution in [2.45, 2.75) is 12.5 Å². The van der Waals surface area contributed by atoms with Gasteiger partial charge in [-0.2, -0.15) is 0 Å². The van der Waals surface area contributed by atoms with E-state index >= 15 is 0 Å². The Labute approximate surface area is 186 Å². The molecule has 4 rings (SSSR count). The van der Waals surface area contributed by atoms with Crippen molar-refractivity contribution in [3.8, 4) is 23.0 Å². The maximum Gasteiger partial charge on any atom is 0.247 e. The van der Waals surface area contributed by atoms with Crippen LogP contribution in [0, 0.1) is 5.82 Å². The van der Waals surface area contributed by atoms with Crippen LogP contribution in [0.2, 0.25) is 0 Å². The lowest BCUT2D eigenvalue weighted by Gasteiger charge is -2.16. The van der Waals surface area contributed by atoms with E-state index in [9.17, 15) is 4.39 Å². The molecule has 0 fully saturated rings. The number of hydrogen-bond acceptors (Lipinski definition) is 6. The molecular weight excluding hydrogens is 409 g/mol. The van der Waals surface area contributed by atoms with Crippen LogP contribution in [-0.4, -0.2) is 31.0 Å².